The second-order valence-electron chi connectivity index (χ2n) is 6.86. The van der Waals surface area contributed by atoms with E-state index in [-0.39, 0.29) is 17.0 Å². The lowest BCUT2D eigenvalue weighted by Crippen LogP contribution is -2.28. The van der Waals surface area contributed by atoms with Crippen molar-refractivity contribution in [3.63, 3.8) is 0 Å². The summed E-state index contributed by atoms with van der Waals surface area (Å²) in [6.07, 6.45) is 1.18. The van der Waals surface area contributed by atoms with E-state index in [2.05, 4.69) is 28.8 Å². The van der Waals surface area contributed by atoms with Crippen LogP contribution in [0.2, 0.25) is 0 Å². The Morgan fingerprint density at radius 2 is 2.09 bits per heavy atom. The number of benzene rings is 1. The molecule has 1 aromatic heterocycles. The van der Waals surface area contributed by atoms with Crippen LogP contribution in [-0.4, -0.2) is 26.6 Å². The largest absolute Gasteiger partial charge is 0.511 e. The summed E-state index contributed by atoms with van der Waals surface area (Å²) in [6.45, 7) is 5.97. The Hall–Kier alpha value is -2.43. The highest BCUT2D eigenvalue weighted by Gasteiger charge is 2.33. The molecule has 3 rings (SSSR count). The Morgan fingerprint density at radius 3 is 2.78 bits per heavy atom. The minimum Gasteiger partial charge on any atom is -0.511 e. The van der Waals surface area contributed by atoms with E-state index in [4.69, 9.17) is 0 Å². The normalized spacial score (nSPS) is 19.5. The maximum absolute atomic E-state index is 11.9. The van der Waals surface area contributed by atoms with Crippen molar-refractivity contribution in [2.45, 2.75) is 40.2 Å². The number of para-hydroxylation sites is 2. The third kappa shape index (κ3) is 3.18. The van der Waals surface area contributed by atoms with Crippen LogP contribution in [-0.2, 0) is 11.3 Å². The van der Waals surface area contributed by atoms with Crippen LogP contribution in [0.1, 0.15) is 39.4 Å². The number of H-pyrrole nitrogens is 1. The van der Waals surface area contributed by atoms with Gasteiger partial charge in [-0.15, -0.1) is 0 Å². The molecule has 5 nitrogen and oxygen atoms in total. The first-order valence-electron chi connectivity index (χ1n) is 7.76. The number of allylic oxidation sites excluding steroid dienone is 2. The van der Waals surface area contributed by atoms with Gasteiger partial charge in [-0.2, -0.15) is 0 Å². The number of nitrogens with one attached hydrogen (secondary N) is 1. The first-order valence-corrected chi connectivity index (χ1v) is 7.76. The number of imidazole rings is 1. The van der Waals surface area contributed by atoms with Crippen molar-refractivity contribution in [3.05, 3.63) is 41.4 Å². The van der Waals surface area contributed by atoms with Crippen LogP contribution in [0, 0.1) is 5.41 Å². The molecule has 0 saturated heterocycles. The summed E-state index contributed by atoms with van der Waals surface area (Å²) in [7, 11) is 0. The van der Waals surface area contributed by atoms with Gasteiger partial charge in [0.1, 0.15) is 11.6 Å². The summed E-state index contributed by atoms with van der Waals surface area (Å²) >= 11 is 0. The molecule has 0 amide bonds. The van der Waals surface area contributed by atoms with Gasteiger partial charge in [-0.1, -0.05) is 26.0 Å². The number of ketones is 1. The van der Waals surface area contributed by atoms with Gasteiger partial charge in [-0.05, 0) is 30.9 Å². The minimum absolute atomic E-state index is 0.101. The average molecular weight is 311 g/mol. The molecule has 120 valence electrons. The standard InChI is InChI=1S/C18H21N3O2/c1-11(22)17-14(8-18(2,3)9-15(17)23)19-10-16-20-12-6-4-5-7-13(12)21-16/h4-7,23H,8-10H2,1-3H3,(H,20,21). The molecule has 1 aliphatic rings. The van der Waals surface area contributed by atoms with Gasteiger partial charge in [-0.25, -0.2) is 4.98 Å². The van der Waals surface area contributed by atoms with E-state index in [1.807, 2.05) is 24.3 Å². The molecule has 1 heterocycles. The van der Waals surface area contributed by atoms with Crippen LogP contribution in [0.4, 0.5) is 0 Å². The van der Waals surface area contributed by atoms with Crippen molar-refractivity contribution >= 4 is 22.5 Å². The summed E-state index contributed by atoms with van der Waals surface area (Å²) in [5.41, 5.74) is 2.82. The smallest absolute Gasteiger partial charge is 0.164 e. The van der Waals surface area contributed by atoms with Crippen molar-refractivity contribution in [3.8, 4) is 0 Å². The molecule has 0 atom stereocenters. The van der Waals surface area contributed by atoms with Gasteiger partial charge in [0.05, 0.1) is 28.9 Å². The number of aliphatic hydroxyl groups is 1. The molecule has 0 aliphatic heterocycles. The minimum atomic E-state index is -0.138. The van der Waals surface area contributed by atoms with Gasteiger partial charge < -0.3 is 10.1 Å². The number of rotatable bonds is 3. The molecule has 0 fully saturated rings. The van der Waals surface area contributed by atoms with E-state index in [9.17, 15) is 9.90 Å². The number of aromatic nitrogens is 2. The summed E-state index contributed by atoms with van der Waals surface area (Å²) in [6, 6.07) is 7.81. The topological polar surface area (TPSA) is 78.3 Å². The molecule has 0 spiro atoms. The Labute approximate surface area is 135 Å². The number of hydrogen-bond donors (Lipinski definition) is 2. The summed E-state index contributed by atoms with van der Waals surface area (Å²) in [5, 5.41) is 10.2. The predicted octanol–water partition coefficient (Wildman–Crippen LogP) is 3.73. The fourth-order valence-corrected chi connectivity index (χ4v) is 3.10. The monoisotopic (exact) mass is 311 g/mol. The van der Waals surface area contributed by atoms with Gasteiger partial charge >= 0.3 is 0 Å². The lowest BCUT2D eigenvalue weighted by Gasteiger charge is -2.31. The highest BCUT2D eigenvalue weighted by atomic mass is 16.3. The molecular weight excluding hydrogens is 290 g/mol. The van der Waals surface area contributed by atoms with Crippen LogP contribution in [0.25, 0.3) is 11.0 Å². The number of aliphatic hydroxyl groups excluding tert-OH is 1. The number of carbonyl (C=O) groups is 1. The Bertz CT molecular complexity index is 795. The van der Waals surface area contributed by atoms with Crippen LogP contribution < -0.4 is 0 Å². The third-order valence-corrected chi connectivity index (χ3v) is 4.08. The second-order valence-corrected chi connectivity index (χ2v) is 6.86. The van der Waals surface area contributed by atoms with Gasteiger partial charge in [0, 0.05) is 6.42 Å². The predicted molar refractivity (Wildman–Crippen MR) is 90.6 cm³/mol. The number of nitrogens with zero attached hydrogens (tertiary/aromatic N) is 2. The van der Waals surface area contributed by atoms with Crippen LogP contribution in [0.15, 0.2) is 40.6 Å². The fraction of sp³-hybridized carbons (Fsp3) is 0.389. The zero-order valence-electron chi connectivity index (χ0n) is 13.7. The zero-order chi connectivity index (χ0) is 16.6. The lowest BCUT2D eigenvalue weighted by molar-refractivity contribution is -0.113. The van der Waals surface area contributed by atoms with E-state index in [0.29, 0.717) is 30.7 Å². The molecule has 1 aliphatic carbocycles. The summed E-state index contributed by atoms with van der Waals surface area (Å²) < 4.78 is 0. The molecule has 2 N–H and O–H groups in total. The molecule has 0 unspecified atom stereocenters. The average Bonchev–Trinajstić information content (AvgIpc) is 2.85. The number of Topliss-reactive ketones (excluding diaryl/α,β-unsaturated/α-hetero) is 1. The van der Waals surface area contributed by atoms with Crippen LogP contribution in [0.5, 0.6) is 0 Å². The van der Waals surface area contributed by atoms with Gasteiger partial charge in [-0.3, -0.25) is 9.79 Å². The number of hydrogen-bond acceptors (Lipinski definition) is 4. The van der Waals surface area contributed by atoms with Crippen molar-refractivity contribution in [1.82, 2.24) is 9.97 Å². The molecule has 0 bridgehead atoms. The van der Waals surface area contributed by atoms with Crippen molar-refractivity contribution < 1.29 is 9.90 Å². The highest BCUT2D eigenvalue weighted by molar-refractivity contribution is 6.22. The molecule has 1 aromatic carbocycles. The fourth-order valence-electron chi connectivity index (χ4n) is 3.10. The molecular formula is C18H21N3O2. The molecule has 0 radical (unpaired) electrons. The maximum atomic E-state index is 11.9. The lowest BCUT2D eigenvalue weighted by atomic mass is 9.75. The van der Waals surface area contributed by atoms with Crippen LogP contribution in [0.3, 0.4) is 0 Å². The van der Waals surface area contributed by atoms with E-state index < -0.39 is 0 Å². The summed E-state index contributed by atoms with van der Waals surface area (Å²) in [4.78, 5) is 24.2. The number of aromatic amines is 1. The number of aliphatic imine (C=N–C) groups is 1. The molecule has 5 heteroatoms. The SMILES string of the molecule is CC(=O)C1=C(O)CC(C)(C)CC1=NCc1nc2ccccc2[nH]1. The quantitative estimate of drug-likeness (QED) is 0.906. The first kappa shape index (κ1) is 15.5. The molecule has 23 heavy (non-hydrogen) atoms. The van der Waals surface area contributed by atoms with Crippen LogP contribution >= 0.6 is 0 Å². The Morgan fingerprint density at radius 1 is 1.35 bits per heavy atom. The van der Waals surface area contributed by atoms with Crippen molar-refractivity contribution in [2.75, 3.05) is 0 Å². The Balaban J connectivity index is 1.92. The second kappa shape index (κ2) is 5.65. The van der Waals surface area contributed by atoms with E-state index in [1.54, 1.807) is 0 Å². The molecule has 2 aromatic rings. The Kier molecular flexibility index (Phi) is 3.80. The number of carbonyl (C=O) groups excluding carboxylic acids is 1. The first-order chi connectivity index (χ1) is 10.9. The summed E-state index contributed by atoms with van der Waals surface area (Å²) in [5.74, 6) is 0.767. The van der Waals surface area contributed by atoms with E-state index >= 15 is 0 Å². The third-order valence-electron chi connectivity index (χ3n) is 4.08. The van der Waals surface area contributed by atoms with Crippen molar-refractivity contribution in [1.29, 1.82) is 0 Å². The van der Waals surface area contributed by atoms with Crippen molar-refractivity contribution in [2.24, 2.45) is 10.4 Å². The molecule has 0 saturated carbocycles. The maximum Gasteiger partial charge on any atom is 0.164 e. The van der Waals surface area contributed by atoms with E-state index in [1.165, 1.54) is 6.92 Å². The highest BCUT2D eigenvalue weighted by Crippen LogP contribution is 2.36. The number of fused-ring (bicyclic) bond motifs is 1. The van der Waals surface area contributed by atoms with E-state index in [0.717, 1.165) is 16.9 Å². The zero-order valence-corrected chi connectivity index (χ0v) is 13.7. The van der Waals surface area contributed by atoms with Gasteiger partial charge in [0.15, 0.2) is 5.78 Å². The van der Waals surface area contributed by atoms with Gasteiger partial charge in [0.25, 0.3) is 0 Å². The van der Waals surface area contributed by atoms with Gasteiger partial charge in [0.2, 0.25) is 0 Å².